The van der Waals surface area contributed by atoms with E-state index in [1.165, 1.54) is 11.3 Å². The van der Waals surface area contributed by atoms with Gasteiger partial charge in [0.15, 0.2) is 6.79 Å². The number of anilines is 1. The number of benzene rings is 2. The van der Waals surface area contributed by atoms with Gasteiger partial charge in [-0.2, -0.15) is 0 Å². The average Bonchev–Trinajstić information content (AvgIpc) is 3.33. The van der Waals surface area contributed by atoms with E-state index in [9.17, 15) is 14.4 Å². The molecule has 212 valence electrons. The Morgan fingerprint density at radius 2 is 1.88 bits per heavy atom. The molecule has 0 aliphatic carbocycles. The first kappa shape index (κ1) is 30.9. The summed E-state index contributed by atoms with van der Waals surface area (Å²) in [4.78, 5) is 41.8. The Morgan fingerprint density at radius 3 is 2.52 bits per heavy atom. The van der Waals surface area contributed by atoms with Crippen molar-refractivity contribution in [3.8, 4) is 11.3 Å². The van der Waals surface area contributed by atoms with Crippen LogP contribution in [0, 0.1) is 6.92 Å². The zero-order valence-electron chi connectivity index (χ0n) is 22.7. The number of nitrogens with one attached hydrogen (secondary N) is 2. The van der Waals surface area contributed by atoms with Crippen LogP contribution in [0.1, 0.15) is 34.9 Å². The highest BCUT2D eigenvalue weighted by molar-refractivity contribution is 7.12. The molecule has 3 amide bonds. The van der Waals surface area contributed by atoms with E-state index in [-0.39, 0.29) is 13.2 Å². The number of hydrogen-bond acceptors (Lipinski definition) is 8. The highest BCUT2D eigenvalue weighted by atomic mass is 35.5. The monoisotopic (exact) mass is 587 g/mol. The number of carbonyl (C=O) groups is 3. The van der Waals surface area contributed by atoms with E-state index in [0.29, 0.717) is 29.6 Å². The van der Waals surface area contributed by atoms with Crippen LogP contribution < -0.4 is 16.0 Å². The predicted octanol–water partition coefficient (Wildman–Crippen LogP) is 3.28. The first-order valence-corrected chi connectivity index (χ1v) is 13.5. The summed E-state index contributed by atoms with van der Waals surface area (Å²) < 4.78 is 15.4. The zero-order valence-corrected chi connectivity index (χ0v) is 24.3. The van der Waals surface area contributed by atoms with Gasteiger partial charge in [0, 0.05) is 33.7 Å². The molecule has 1 aromatic heterocycles. The van der Waals surface area contributed by atoms with Gasteiger partial charge in [0.05, 0.1) is 25.3 Å². The van der Waals surface area contributed by atoms with Crippen molar-refractivity contribution in [2.24, 2.45) is 0 Å². The van der Waals surface area contributed by atoms with Crippen molar-refractivity contribution in [3.05, 3.63) is 68.5 Å². The minimum absolute atomic E-state index is 0.0231. The molecule has 0 unspecified atom stereocenters. The molecule has 0 atom stereocenters. The largest absolute Gasteiger partial charge is 0.438 e. The van der Waals surface area contributed by atoms with Crippen LogP contribution in [0.5, 0.6) is 0 Å². The van der Waals surface area contributed by atoms with Gasteiger partial charge in [0.1, 0.15) is 5.01 Å². The Hall–Kier alpha value is -3.64. The molecule has 4 N–H and O–H groups in total. The first-order chi connectivity index (χ1) is 19.1. The van der Waals surface area contributed by atoms with Crippen LogP contribution >= 0.6 is 22.9 Å². The number of hydrogen-bond donors (Lipinski definition) is 3. The summed E-state index contributed by atoms with van der Waals surface area (Å²) in [6, 6.07) is 12.2. The second-order valence-corrected chi connectivity index (χ2v) is 10.7. The number of halogens is 1. The van der Waals surface area contributed by atoms with E-state index in [4.69, 9.17) is 36.2 Å². The molecule has 0 saturated heterocycles. The van der Waals surface area contributed by atoms with Gasteiger partial charge >= 0.3 is 17.9 Å². The molecule has 40 heavy (non-hydrogen) atoms. The lowest BCUT2D eigenvalue weighted by Crippen LogP contribution is -2.43. The summed E-state index contributed by atoms with van der Waals surface area (Å²) >= 11 is 8.15. The summed E-state index contributed by atoms with van der Waals surface area (Å²) in [5.41, 5.74) is 2.92. The fourth-order valence-electron chi connectivity index (χ4n) is 4.08. The SMILES string of the molecule is COCCOCOC(=O)Cc1sc(C(C)(C)c2c(C)cc(NC(=O)NC(=O)C=[NH2+])cc2Cl)nc1-c1ccccc1. The highest BCUT2D eigenvalue weighted by Gasteiger charge is 2.33. The van der Waals surface area contributed by atoms with Crippen molar-refractivity contribution < 1.29 is 34.0 Å². The van der Waals surface area contributed by atoms with E-state index < -0.39 is 23.3 Å². The van der Waals surface area contributed by atoms with Crippen LogP contribution in [0.2, 0.25) is 5.02 Å². The van der Waals surface area contributed by atoms with Gasteiger partial charge in [-0.05, 0) is 44.0 Å². The Kier molecular flexibility index (Phi) is 10.9. The third-order valence-corrected chi connectivity index (χ3v) is 7.55. The standard InChI is InChI=1S/C28H31ClN4O6S/c1-17-12-19(31-27(36)32-22(34)15-30)13-20(29)24(17)28(2,3)26-33-25(18-8-6-5-7-9-18)21(40-26)14-23(35)39-16-38-11-10-37-4/h5-9,12-13,15,30H,10-11,14,16H2,1-4H3,(H2,31,32,34,36)/p+1. The smallest absolute Gasteiger partial charge is 0.326 e. The fourth-order valence-corrected chi connectivity index (χ4v) is 5.76. The molecular weight excluding hydrogens is 556 g/mol. The number of aryl methyl sites for hydroxylation is 1. The molecule has 0 radical (unpaired) electrons. The minimum atomic E-state index is -0.734. The van der Waals surface area contributed by atoms with Gasteiger partial charge in [0.25, 0.3) is 0 Å². The molecule has 0 aliphatic rings. The molecule has 0 aliphatic heterocycles. The van der Waals surface area contributed by atoms with Crippen molar-refractivity contribution >= 4 is 52.7 Å². The first-order valence-electron chi connectivity index (χ1n) is 12.3. The lowest BCUT2D eigenvalue weighted by Gasteiger charge is -2.27. The molecule has 2 aromatic carbocycles. The Morgan fingerprint density at radius 1 is 1.15 bits per heavy atom. The van der Waals surface area contributed by atoms with E-state index in [1.807, 2.05) is 51.1 Å². The fraction of sp³-hybridized carbons (Fsp3) is 0.321. The average molecular weight is 588 g/mol. The molecule has 10 nitrogen and oxygen atoms in total. The molecule has 3 aromatic rings. The number of urea groups is 1. The van der Waals surface area contributed by atoms with Crippen LogP contribution in [0.25, 0.3) is 11.3 Å². The summed E-state index contributed by atoms with van der Waals surface area (Å²) in [6.07, 6.45) is 0.779. The lowest BCUT2D eigenvalue weighted by atomic mass is 9.82. The number of rotatable bonds is 12. The van der Waals surface area contributed by atoms with Gasteiger partial charge in [-0.3, -0.25) is 20.3 Å². The second kappa shape index (κ2) is 14.1. The van der Waals surface area contributed by atoms with Crippen LogP contribution in [0.3, 0.4) is 0 Å². The van der Waals surface area contributed by atoms with E-state index in [2.05, 4.69) is 10.6 Å². The minimum Gasteiger partial charge on any atom is -0.438 e. The zero-order chi connectivity index (χ0) is 29.3. The maximum absolute atomic E-state index is 12.6. The lowest BCUT2D eigenvalue weighted by molar-refractivity contribution is -0.156. The van der Waals surface area contributed by atoms with Crippen LogP contribution in [-0.2, 0) is 35.6 Å². The number of methoxy groups -OCH3 is 1. The summed E-state index contributed by atoms with van der Waals surface area (Å²) in [7, 11) is 1.56. The third kappa shape index (κ3) is 7.95. The van der Waals surface area contributed by atoms with E-state index in [1.54, 1.807) is 19.2 Å². The Labute approximate surface area is 241 Å². The van der Waals surface area contributed by atoms with Crippen LogP contribution in [0.15, 0.2) is 42.5 Å². The Bertz CT molecular complexity index is 1350. The van der Waals surface area contributed by atoms with E-state index in [0.717, 1.165) is 32.8 Å². The van der Waals surface area contributed by atoms with Crippen molar-refractivity contribution in [1.29, 1.82) is 0 Å². The highest BCUT2D eigenvalue weighted by Crippen LogP contribution is 2.43. The molecule has 12 heteroatoms. The predicted molar refractivity (Wildman–Crippen MR) is 154 cm³/mol. The molecule has 0 spiro atoms. The third-order valence-electron chi connectivity index (χ3n) is 5.88. The molecule has 1 heterocycles. The topological polar surface area (TPSA) is 141 Å². The molecule has 3 rings (SSSR count). The Balaban J connectivity index is 1.90. The molecule has 0 saturated carbocycles. The number of amides is 3. The summed E-state index contributed by atoms with van der Waals surface area (Å²) in [5, 5.41) is 10.9. The van der Waals surface area contributed by atoms with Gasteiger partial charge in [-0.1, -0.05) is 41.9 Å². The number of esters is 1. The van der Waals surface area contributed by atoms with Crippen molar-refractivity contribution in [1.82, 2.24) is 10.3 Å². The maximum Gasteiger partial charge on any atom is 0.326 e. The quantitative estimate of drug-likeness (QED) is 0.128. The number of aromatic nitrogens is 1. The number of nitrogens with zero attached hydrogens (tertiary/aromatic N) is 1. The van der Waals surface area contributed by atoms with Crippen LogP contribution in [-0.4, -0.2) is 56.2 Å². The van der Waals surface area contributed by atoms with E-state index >= 15 is 0 Å². The maximum atomic E-state index is 12.6. The molecule has 0 bridgehead atoms. The molecular formula is C28H32ClN4O6S+. The summed E-state index contributed by atoms with van der Waals surface area (Å²) in [5.74, 6) is -1.16. The number of carbonyl (C=O) groups excluding carboxylic acids is 3. The number of ether oxygens (including phenoxy) is 3. The van der Waals surface area contributed by atoms with Gasteiger partial charge in [-0.25, -0.2) is 9.78 Å². The normalized spacial score (nSPS) is 11.1. The number of nitrogens with two attached hydrogens (primary N) is 1. The van der Waals surface area contributed by atoms with Crippen molar-refractivity contribution in [2.45, 2.75) is 32.6 Å². The second-order valence-electron chi connectivity index (χ2n) is 9.25. The van der Waals surface area contributed by atoms with Gasteiger partial charge < -0.3 is 19.5 Å². The van der Waals surface area contributed by atoms with Crippen LogP contribution in [0.4, 0.5) is 10.5 Å². The summed E-state index contributed by atoms with van der Waals surface area (Å²) in [6.45, 7) is 6.43. The number of thiazole rings is 1. The molecule has 0 fully saturated rings. The van der Waals surface area contributed by atoms with Crippen molar-refractivity contribution in [2.75, 3.05) is 32.4 Å². The van der Waals surface area contributed by atoms with Gasteiger partial charge in [-0.15, -0.1) is 11.3 Å². The van der Waals surface area contributed by atoms with Gasteiger partial charge in [0.2, 0.25) is 6.21 Å². The van der Waals surface area contributed by atoms with Crippen molar-refractivity contribution in [3.63, 3.8) is 0 Å². The number of imide groups is 1.